The molecule has 0 saturated heterocycles. The number of nitrogens with one attached hydrogen (secondary N) is 2. The number of pyridine rings is 1. The van der Waals surface area contributed by atoms with E-state index in [-0.39, 0.29) is 11.9 Å². The summed E-state index contributed by atoms with van der Waals surface area (Å²) in [5.41, 5.74) is 3.77. The van der Waals surface area contributed by atoms with Gasteiger partial charge < -0.3 is 15.3 Å². The molecular formula is C13H19N7O. The van der Waals surface area contributed by atoms with Crippen LogP contribution in [0.2, 0.25) is 0 Å². The minimum atomic E-state index is -0.252. The van der Waals surface area contributed by atoms with Gasteiger partial charge in [-0.25, -0.2) is 10.8 Å². The van der Waals surface area contributed by atoms with E-state index in [9.17, 15) is 4.79 Å². The molecule has 0 spiro atoms. The largest absolute Gasteiger partial charge is 0.342 e. The zero-order valence-corrected chi connectivity index (χ0v) is 12.3. The number of hydrogen-bond donors (Lipinski definition) is 3. The highest BCUT2D eigenvalue weighted by Gasteiger charge is 2.16. The lowest BCUT2D eigenvalue weighted by atomic mass is 10.1. The van der Waals surface area contributed by atoms with Crippen molar-refractivity contribution in [1.82, 2.24) is 25.1 Å². The Bertz CT molecular complexity index is 615. The fourth-order valence-electron chi connectivity index (χ4n) is 2.00. The number of nitrogen functional groups attached to an aromatic ring is 1. The number of carbonyl (C=O) groups is 1. The van der Waals surface area contributed by atoms with E-state index in [1.807, 2.05) is 20.9 Å². The first kappa shape index (κ1) is 14.9. The molecule has 0 aliphatic heterocycles. The van der Waals surface area contributed by atoms with Crippen LogP contribution in [0.25, 0.3) is 0 Å². The van der Waals surface area contributed by atoms with Gasteiger partial charge in [0.1, 0.15) is 12.1 Å². The van der Waals surface area contributed by atoms with Crippen molar-refractivity contribution in [2.75, 3.05) is 5.43 Å². The molecule has 0 radical (unpaired) electrons. The van der Waals surface area contributed by atoms with Gasteiger partial charge >= 0.3 is 0 Å². The molecule has 2 aromatic heterocycles. The maximum atomic E-state index is 12.3. The lowest BCUT2D eigenvalue weighted by molar-refractivity contribution is 0.0937. The van der Waals surface area contributed by atoms with E-state index in [1.165, 1.54) is 0 Å². The Morgan fingerprint density at radius 1 is 1.48 bits per heavy atom. The molecule has 0 bridgehead atoms. The van der Waals surface area contributed by atoms with Crippen LogP contribution in [-0.4, -0.2) is 25.7 Å². The molecule has 2 heterocycles. The van der Waals surface area contributed by atoms with Crippen LogP contribution >= 0.6 is 0 Å². The first-order valence-electron chi connectivity index (χ1n) is 6.67. The summed E-state index contributed by atoms with van der Waals surface area (Å²) in [7, 11) is 1.83. The number of rotatable bonds is 5. The van der Waals surface area contributed by atoms with Crippen molar-refractivity contribution < 1.29 is 4.79 Å². The van der Waals surface area contributed by atoms with E-state index < -0.39 is 0 Å². The molecule has 8 nitrogen and oxygen atoms in total. The number of aromatic nitrogens is 4. The summed E-state index contributed by atoms with van der Waals surface area (Å²) in [6.45, 7) is 3.82. The number of anilines is 1. The van der Waals surface area contributed by atoms with Crippen LogP contribution in [0.1, 0.15) is 41.8 Å². The van der Waals surface area contributed by atoms with Gasteiger partial charge in [0.15, 0.2) is 5.82 Å². The van der Waals surface area contributed by atoms with Crippen LogP contribution < -0.4 is 16.6 Å². The zero-order valence-electron chi connectivity index (χ0n) is 12.3. The predicted molar refractivity (Wildman–Crippen MR) is 78.3 cm³/mol. The summed E-state index contributed by atoms with van der Waals surface area (Å²) in [4.78, 5) is 16.6. The number of nitrogens with two attached hydrogens (primary N) is 1. The van der Waals surface area contributed by atoms with Crippen molar-refractivity contribution in [3.63, 3.8) is 0 Å². The van der Waals surface area contributed by atoms with Gasteiger partial charge in [0, 0.05) is 18.3 Å². The Hall–Kier alpha value is -2.48. The van der Waals surface area contributed by atoms with Gasteiger partial charge in [-0.1, -0.05) is 6.92 Å². The van der Waals surface area contributed by atoms with E-state index >= 15 is 0 Å². The first-order valence-corrected chi connectivity index (χ1v) is 6.67. The van der Waals surface area contributed by atoms with Crippen molar-refractivity contribution in [2.24, 2.45) is 12.9 Å². The predicted octanol–water partition coefficient (Wildman–Crippen LogP) is 0.549. The maximum absolute atomic E-state index is 12.3. The molecule has 21 heavy (non-hydrogen) atoms. The number of hydrogen-bond acceptors (Lipinski definition) is 6. The van der Waals surface area contributed by atoms with Crippen LogP contribution in [0.15, 0.2) is 18.5 Å². The van der Waals surface area contributed by atoms with Crippen molar-refractivity contribution in [2.45, 2.75) is 26.3 Å². The highest BCUT2D eigenvalue weighted by atomic mass is 16.1. The second-order valence-corrected chi connectivity index (χ2v) is 4.73. The van der Waals surface area contributed by atoms with Gasteiger partial charge in [0.25, 0.3) is 5.91 Å². The SMILES string of the molecule is CCc1cc(C(=O)NC(C)c2nncn2C)cc(NN)n1. The summed E-state index contributed by atoms with van der Waals surface area (Å²) in [6.07, 6.45) is 2.31. The Labute approximate surface area is 122 Å². The fourth-order valence-corrected chi connectivity index (χ4v) is 2.00. The van der Waals surface area contributed by atoms with Crippen molar-refractivity contribution in [1.29, 1.82) is 0 Å². The molecule has 2 rings (SSSR count). The van der Waals surface area contributed by atoms with E-state index in [2.05, 4.69) is 25.9 Å². The molecule has 112 valence electrons. The van der Waals surface area contributed by atoms with Crippen LogP contribution in [0.5, 0.6) is 0 Å². The van der Waals surface area contributed by atoms with Crippen molar-refractivity contribution in [3.8, 4) is 0 Å². The smallest absolute Gasteiger partial charge is 0.252 e. The third-order valence-corrected chi connectivity index (χ3v) is 3.13. The number of hydrazine groups is 1. The summed E-state index contributed by atoms with van der Waals surface area (Å²) in [6, 6.07) is 3.11. The van der Waals surface area contributed by atoms with Gasteiger partial charge in [0.05, 0.1) is 6.04 Å². The second kappa shape index (κ2) is 6.31. The number of carbonyl (C=O) groups excluding carboxylic acids is 1. The molecule has 4 N–H and O–H groups in total. The quantitative estimate of drug-likeness (QED) is 0.547. The number of aryl methyl sites for hydroxylation is 2. The fraction of sp³-hybridized carbons (Fsp3) is 0.385. The third-order valence-electron chi connectivity index (χ3n) is 3.13. The lowest BCUT2D eigenvalue weighted by Gasteiger charge is -2.14. The van der Waals surface area contributed by atoms with Crippen molar-refractivity contribution in [3.05, 3.63) is 35.5 Å². The minimum absolute atomic E-state index is 0.209. The summed E-state index contributed by atoms with van der Waals surface area (Å²) in [5.74, 6) is 6.31. The number of nitrogens with zero attached hydrogens (tertiary/aromatic N) is 4. The van der Waals surface area contributed by atoms with Gasteiger partial charge in [0.2, 0.25) is 0 Å². The van der Waals surface area contributed by atoms with Gasteiger partial charge in [-0.15, -0.1) is 10.2 Å². The Kier molecular flexibility index (Phi) is 4.49. The molecule has 2 aromatic rings. The Balaban J connectivity index is 2.18. The van der Waals surface area contributed by atoms with E-state index in [4.69, 9.17) is 5.84 Å². The molecule has 0 saturated carbocycles. The van der Waals surface area contributed by atoms with Crippen LogP contribution in [0, 0.1) is 0 Å². The zero-order chi connectivity index (χ0) is 15.4. The molecule has 1 unspecified atom stereocenters. The van der Waals surface area contributed by atoms with Crippen LogP contribution in [0.4, 0.5) is 5.82 Å². The standard InChI is InChI=1S/C13H19N7O/c1-4-10-5-9(6-11(17-10)18-14)13(21)16-8(2)12-19-15-7-20(12)3/h5-8H,4,14H2,1-3H3,(H,16,21)(H,17,18). The topological polar surface area (TPSA) is 111 Å². The highest BCUT2D eigenvalue weighted by Crippen LogP contribution is 2.13. The van der Waals surface area contributed by atoms with Gasteiger partial charge in [-0.2, -0.15) is 0 Å². The third kappa shape index (κ3) is 3.34. The maximum Gasteiger partial charge on any atom is 0.252 e. The normalized spacial score (nSPS) is 12.0. The second-order valence-electron chi connectivity index (χ2n) is 4.73. The van der Waals surface area contributed by atoms with Gasteiger partial charge in [-0.3, -0.25) is 4.79 Å². The molecule has 8 heteroatoms. The first-order chi connectivity index (χ1) is 10.0. The monoisotopic (exact) mass is 289 g/mol. The van der Waals surface area contributed by atoms with Crippen LogP contribution in [-0.2, 0) is 13.5 Å². The van der Waals surface area contributed by atoms with Gasteiger partial charge in [-0.05, 0) is 25.5 Å². The molecule has 0 aliphatic rings. The van der Waals surface area contributed by atoms with E-state index in [0.717, 1.165) is 5.69 Å². The molecular weight excluding hydrogens is 270 g/mol. The average Bonchev–Trinajstić information content (AvgIpc) is 2.92. The lowest BCUT2D eigenvalue weighted by Crippen LogP contribution is -2.28. The molecule has 0 aromatic carbocycles. The highest BCUT2D eigenvalue weighted by molar-refractivity contribution is 5.95. The summed E-state index contributed by atoms with van der Waals surface area (Å²) in [5, 5.41) is 10.7. The minimum Gasteiger partial charge on any atom is -0.342 e. The number of amides is 1. The molecule has 0 fully saturated rings. The van der Waals surface area contributed by atoms with Crippen LogP contribution in [0.3, 0.4) is 0 Å². The average molecular weight is 289 g/mol. The van der Waals surface area contributed by atoms with E-state index in [0.29, 0.717) is 23.6 Å². The Morgan fingerprint density at radius 3 is 2.81 bits per heavy atom. The molecule has 1 atom stereocenters. The molecule has 1 amide bonds. The van der Waals surface area contributed by atoms with E-state index in [1.54, 1.807) is 23.0 Å². The molecule has 0 aliphatic carbocycles. The Morgan fingerprint density at radius 2 is 2.24 bits per heavy atom. The summed E-state index contributed by atoms with van der Waals surface area (Å²) >= 11 is 0. The summed E-state index contributed by atoms with van der Waals surface area (Å²) < 4.78 is 1.77. The van der Waals surface area contributed by atoms with Crippen molar-refractivity contribution >= 4 is 11.7 Å².